The molecule has 0 spiro atoms. The summed E-state index contributed by atoms with van der Waals surface area (Å²) in [6.45, 7) is -0.201. The Hall–Kier alpha value is -2.17. The molecule has 0 bridgehead atoms. The summed E-state index contributed by atoms with van der Waals surface area (Å²) in [6, 6.07) is 13.1. The number of hydrogen-bond acceptors (Lipinski definition) is 6. The smallest absolute Gasteiger partial charge is 0.414 e. The van der Waals surface area contributed by atoms with Gasteiger partial charge in [-0.25, -0.2) is 4.79 Å². The summed E-state index contributed by atoms with van der Waals surface area (Å²) in [6.07, 6.45) is -2.53. The Kier molecular flexibility index (Phi) is 8.01. The van der Waals surface area contributed by atoms with Crippen LogP contribution in [-0.4, -0.2) is 42.0 Å². The lowest BCUT2D eigenvalue weighted by Crippen LogP contribution is -2.35. The molecular weight excluding hydrogens is 465 g/mol. The van der Waals surface area contributed by atoms with Gasteiger partial charge in [0.1, 0.15) is 11.9 Å². The number of aromatic hydroxyl groups is 1. The van der Waals surface area contributed by atoms with E-state index in [1.807, 2.05) is 0 Å². The van der Waals surface area contributed by atoms with Crippen molar-refractivity contribution in [1.29, 1.82) is 0 Å². The molecule has 0 aliphatic heterocycles. The molecule has 0 saturated carbocycles. The number of rotatable bonds is 7. The maximum Gasteiger partial charge on any atom is 0.414 e. The van der Waals surface area contributed by atoms with E-state index in [2.05, 4.69) is 27.9 Å². The van der Waals surface area contributed by atoms with Gasteiger partial charge in [0.2, 0.25) is 0 Å². The molecule has 0 unspecified atom stereocenters. The highest BCUT2D eigenvalue weighted by Gasteiger charge is 2.30. The fourth-order valence-corrected chi connectivity index (χ4v) is 3.03. The number of imide groups is 1. The maximum absolute atomic E-state index is 12.3. The number of methoxy groups -OCH3 is 1. The van der Waals surface area contributed by atoms with Crippen LogP contribution in [0.5, 0.6) is 5.75 Å². The van der Waals surface area contributed by atoms with Crippen LogP contribution in [-0.2, 0) is 9.47 Å². The first-order valence-corrected chi connectivity index (χ1v) is 9.23. The third-order valence-electron chi connectivity index (χ3n) is 3.84. The summed E-state index contributed by atoms with van der Waals surface area (Å²) in [5.74, 6) is -0.690. The van der Waals surface area contributed by atoms with Crippen molar-refractivity contribution in [2.75, 3.05) is 13.7 Å². The highest BCUT2D eigenvalue weighted by molar-refractivity contribution is 14.1. The Morgan fingerprint density at radius 2 is 1.89 bits per heavy atom. The van der Waals surface area contributed by atoms with Crippen molar-refractivity contribution in [3.8, 4) is 5.75 Å². The molecule has 0 fully saturated rings. The summed E-state index contributed by atoms with van der Waals surface area (Å²) in [4.78, 5) is 24.4. The van der Waals surface area contributed by atoms with E-state index >= 15 is 0 Å². The van der Waals surface area contributed by atoms with Gasteiger partial charge in [-0.3, -0.25) is 10.1 Å². The molecule has 2 aromatic carbocycles. The number of alkyl carbamates (subject to hydrolysis) is 1. The number of benzene rings is 2. The molecule has 0 radical (unpaired) electrons. The van der Waals surface area contributed by atoms with Crippen LogP contribution in [0, 0.1) is 3.57 Å². The van der Waals surface area contributed by atoms with Crippen molar-refractivity contribution in [2.45, 2.75) is 18.6 Å². The number of aliphatic hydroxyl groups is 1. The van der Waals surface area contributed by atoms with Crippen molar-refractivity contribution in [3.05, 3.63) is 63.2 Å². The van der Waals surface area contributed by atoms with E-state index < -0.39 is 24.2 Å². The number of halogens is 1. The van der Waals surface area contributed by atoms with Crippen molar-refractivity contribution in [3.63, 3.8) is 0 Å². The standard InChI is InChI=1S/C19H20INO6/c1-26-16(9-10-22)17(14-11-13(20)7-8-15(14)23)27-19(25)21-18(24)12-5-3-2-4-6-12/h2-8,11,16-17,22-23H,9-10H2,1H3,(H,21,24,25)/t16-,17-/m0/s1. The van der Waals surface area contributed by atoms with E-state index in [0.717, 1.165) is 3.57 Å². The van der Waals surface area contributed by atoms with E-state index in [1.54, 1.807) is 42.5 Å². The fourth-order valence-electron chi connectivity index (χ4n) is 2.51. The average Bonchev–Trinajstić information content (AvgIpc) is 2.67. The molecule has 0 saturated heterocycles. The van der Waals surface area contributed by atoms with Crippen LogP contribution in [0.3, 0.4) is 0 Å². The summed E-state index contributed by atoms with van der Waals surface area (Å²) < 4.78 is 11.5. The Morgan fingerprint density at radius 3 is 2.52 bits per heavy atom. The van der Waals surface area contributed by atoms with Gasteiger partial charge in [0.05, 0.1) is 0 Å². The van der Waals surface area contributed by atoms with Crippen molar-refractivity contribution < 1.29 is 29.3 Å². The first-order chi connectivity index (χ1) is 13.0. The minimum absolute atomic E-state index is 0.0809. The minimum Gasteiger partial charge on any atom is -0.508 e. The molecule has 2 atom stereocenters. The number of nitrogens with one attached hydrogen (secondary N) is 1. The largest absolute Gasteiger partial charge is 0.508 e. The number of phenols is 1. The third-order valence-corrected chi connectivity index (χ3v) is 4.51. The molecule has 2 aromatic rings. The number of ether oxygens (including phenoxy) is 2. The molecule has 27 heavy (non-hydrogen) atoms. The Bertz CT molecular complexity index is 783. The second-order valence-electron chi connectivity index (χ2n) is 5.64. The molecule has 0 aromatic heterocycles. The normalized spacial score (nSPS) is 12.9. The molecule has 144 valence electrons. The molecule has 2 amide bonds. The van der Waals surface area contributed by atoms with E-state index in [-0.39, 0.29) is 18.8 Å². The summed E-state index contributed by atoms with van der Waals surface area (Å²) in [7, 11) is 1.41. The summed E-state index contributed by atoms with van der Waals surface area (Å²) >= 11 is 2.06. The monoisotopic (exact) mass is 485 g/mol. The van der Waals surface area contributed by atoms with Crippen molar-refractivity contribution in [1.82, 2.24) is 5.32 Å². The predicted octanol–water partition coefficient (Wildman–Crippen LogP) is 3.00. The Labute approximate surface area is 170 Å². The maximum atomic E-state index is 12.3. The lowest BCUT2D eigenvalue weighted by atomic mass is 10.0. The molecule has 3 N–H and O–H groups in total. The van der Waals surface area contributed by atoms with Gasteiger partial charge in [-0.1, -0.05) is 18.2 Å². The zero-order valence-corrected chi connectivity index (χ0v) is 16.8. The first-order valence-electron chi connectivity index (χ1n) is 8.15. The molecule has 7 nitrogen and oxygen atoms in total. The lowest BCUT2D eigenvalue weighted by molar-refractivity contribution is -0.0345. The second-order valence-corrected chi connectivity index (χ2v) is 6.88. The number of carbonyl (C=O) groups is 2. The van der Waals surface area contributed by atoms with E-state index in [4.69, 9.17) is 9.47 Å². The highest BCUT2D eigenvalue weighted by atomic mass is 127. The predicted molar refractivity (Wildman–Crippen MR) is 106 cm³/mol. The van der Waals surface area contributed by atoms with Crippen LogP contribution in [0.1, 0.15) is 28.4 Å². The van der Waals surface area contributed by atoms with Crippen LogP contribution in [0.2, 0.25) is 0 Å². The first kappa shape index (κ1) is 21.1. The van der Waals surface area contributed by atoms with Crippen molar-refractivity contribution >= 4 is 34.6 Å². The zero-order valence-electron chi connectivity index (χ0n) is 14.6. The third kappa shape index (κ3) is 5.91. The van der Waals surface area contributed by atoms with Crippen LogP contribution in [0.4, 0.5) is 4.79 Å². The van der Waals surface area contributed by atoms with Gasteiger partial charge >= 0.3 is 6.09 Å². The molecule has 0 heterocycles. The van der Waals surface area contributed by atoms with Crippen LogP contribution < -0.4 is 5.32 Å². The Balaban J connectivity index is 2.22. The lowest BCUT2D eigenvalue weighted by Gasteiger charge is -2.26. The van der Waals surface area contributed by atoms with Crippen LogP contribution in [0.15, 0.2) is 48.5 Å². The Morgan fingerprint density at radius 1 is 1.19 bits per heavy atom. The van der Waals surface area contributed by atoms with E-state index in [0.29, 0.717) is 11.1 Å². The fraction of sp³-hybridized carbons (Fsp3) is 0.263. The molecule has 8 heteroatoms. The number of phenolic OH excluding ortho intramolecular Hbond substituents is 1. The average molecular weight is 485 g/mol. The number of hydrogen-bond donors (Lipinski definition) is 3. The van der Waals surface area contributed by atoms with E-state index in [9.17, 15) is 19.8 Å². The highest BCUT2D eigenvalue weighted by Crippen LogP contribution is 2.33. The second kappa shape index (κ2) is 10.2. The molecule has 0 aliphatic carbocycles. The van der Waals surface area contributed by atoms with Gasteiger partial charge in [0, 0.05) is 34.8 Å². The SMILES string of the molecule is CO[C@@H](CCO)[C@@H](OC(=O)NC(=O)c1ccccc1)c1cc(I)ccc1O. The van der Waals surface area contributed by atoms with Gasteiger partial charge in [-0.2, -0.15) is 0 Å². The molecule has 2 rings (SSSR count). The topological polar surface area (TPSA) is 105 Å². The van der Waals surface area contributed by atoms with Crippen LogP contribution in [0.25, 0.3) is 0 Å². The number of amides is 2. The minimum atomic E-state index is -1.01. The molecule has 0 aliphatic rings. The van der Waals surface area contributed by atoms with Gasteiger partial charge in [0.15, 0.2) is 6.10 Å². The van der Waals surface area contributed by atoms with Crippen molar-refractivity contribution in [2.24, 2.45) is 0 Å². The molecular formula is C19H20INO6. The zero-order chi connectivity index (χ0) is 19.8. The number of aliphatic hydroxyl groups excluding tert-OH is 1. The van der Waals surface area contributed by atoms with Gasteiger partial charge < -0.3 is 19.7 Å². The summed E-state index contributed by atoms with van der Waals surface area (Å²) in [5.41, 5.74) is 0.631. The van der Waals surface area contributed by atoms with Gasteiger partial charge in [0.25, 0.3) is 5.91 Å². The van der Waals surface area contributed by atoms with Gasteiger partial charge in [-0.15, -0.1) is 0 Å². The summed E-state index contributed by atoms with van der Waals surface area (Å²) in [5, 5.41) is 21.6. The van der Waals surface area contributed by atoms with Gasteiger partial charge in [-0.05, 0) is 52.9 Å². The van der Waals surface area contributed by atoms with E-state index in [1.165, 1.54) is 13.2 Å². The quantitative estimate of drug-likeness (QED) is 0.521. The van der Waals surface area contributed by atoms with Crippen LogP contribution >= 0.6 is 22.6 Å². The number of carbonyl (C=O) groups excluding carboxylic acids is 2.